The van der Waals surface area contributed by atoms with E-state index >= 15 is 8.78 Å². The van der Waals surface area contributed by atoms with E-state index in [1.165, 1.54) is 61.6 Å². The molecule has 0 saturated carbocycles. The fraction of sp³-hybridized carbons (Fsp3) is 0.143. The summed E-state index contributed by atoms with van der Waals surface area (Å²) in [5.74, 6) is -0.426. The van der Waals surface area contributed by atoms with Crippen molar-refractivity contribution in [3.63, 3.8) is 0 Å². The van der Waals surface area contributed by atoms with Gasteiger partial charge in [-0.1, -0.05) is 198 Å². The average molecular weight is 927 g/mol. The molecular formula is C63H50B2F2N2S. The number of fused-ring (bicyclic) bond motifs is 10. The maximum absolute atomic E-state index is 17.4. The average Bonchev–Trinajstić information content (AvgIpc) is 3.38. The summed E-state index contributed by atoms with van der Waals surface area (Å²) in [5, 5.41) is 0. The number of halogens is 2. The Hall–Kier alpha value is -7.08. The third kappa shape index (κ3) is 6.26. The monoisotopic (exact) mass is 926 g/mol. The van der Waals surface area contributed by atoms with E-state index in [-0.39, 0.29) is 30.9 Å². The molecule has 9 aromatic carbocycles. The Morgan fingerprint density at radius 1 is 0.400 bits per heavy atom. The molecule has 0 saturated heterocycles. The van der Waals surface area contributed by atoms with Crippen LogP contribution in [0, 0.1) is 11.6 Å². The van der Waals surface area contributed by atoms with Crippen LogP contribution in [0.2, 0.25) is 0 Å². The molecule has 7 heteroatoms. The molecule has 0 N–H and O–H groups in total. The van der Waals surface area contributed by atoms with Gasteiger partial charge in [-0.15, -0.1) is 0 Å². The van der Waals surface area contributed by atoms with Crippen LogP contribution in [0.15, 0.2) is 186 Å². The van der Waals surface area contributed by atoms with Gasteiger partial charge in [-0.3, -0.25) is 0 Å². The number of benzene rings is 9. The summed E-state index contributed by atoms with van der Waals surface area (Å²) in [6.07, 6.45) is 0. The molecule has 9 aromatic rings. The Morgan fingerprint density at radius 2 is 0.857 bits per heavy atom. The predicted octanol–water partition coefficient (Wildman–Crippen LogP) is 13.7. The number of anilines is 6. The van der Waals surface area contributed by atoms with Crippen molar-refractivity contribution in [3.05, 3.63) is 204 Å². The summed E-state index contributed by atoms with van der Waals surface area (Å²) in [4.78, 5) is 6.81. The smallest absolute Gasteiger partial charge is 0.252 e. The van der Waals surface area contributed by atoms with E-state index in [1.54, 1.807) is 11.8 Å². The van der Waals surface area contributed by atoms with Crippen LogP contribution < -0.4 is 42.6 Å². The molecule has 0 aliphatic carbocycles. The number of hydrogen-bond donors (Lipinski definition) is 0. The molecule has 0 unspecified atom stereocenters. The van der Waals surface area contributed by atoms with Gasteiger partial charge in [0.05, 0.1) is 5.69 Å². The van der Waals surface area contributed by atoms with Gasteiger partial charge < -0.3 is 9.80 Å². The van der Waals surface area contributed by atoms with E-state index in [0.717, 1.165) is 77.6 Å². The van der Waals surface area contributed by atoms with Crippen LogP contribution >= 0.6 is 11.8 Å². The van der Waals surface area contributed by atoms with Crippen LogP contribution in [0.4, 0.5) is 42.9 Å². The molecule has 4 aliphatic rings. The van der Waals surface area contributed by atoms with Crippen molar-refractivity contribution < 1.29 is 8.78 Å². The van der Waals surface area contributed by atoms with Crippen molar-refractivity contribution in [2.24, 2.45) is 0 Å². The van der Waals surface area contributed by atoms with Crippen LogP contribution in [0.5, 0.6) is 0 Å². The quantitative estimate of drug-likeness (QED) is 0.147. The second-order valence-electron chi connectivity index (χ2n) is 20.4. The highest BCUT2D eigenvalue weighted by Gasteiger charge is 2.53. The molecule has 2 nitrogen and oxygen atoms in total. The zero-order valence-corrected chi connectivity index (χ0v) is 41.0. The third-order valence-electron chi connectivity index (χ3n) is 15.4. The topological polar surface area (TPSA) is 6.48 Å². The van der Waals surface area contributed by atoms with Crippen LogP contribution in [0.1, 0.15) is 76.0 Å². The highest BCUT2D eigenvalue weighted by Crippen LogP contribution is 2.57. The molecule has 338 valence electrons. The Bertz CT molecular complexity index is 3550. The number of hydrogen-bond acceptors (Lipinski definition) is 3. The molecule has 4 aliphatic heterocycles. The normalized spacial score (nSPS) is 13.6. The van der Waals surface area contributed by atoms with Crippen molar-refractivity contribution in [2.45, 2.75) is 69.1 Å². The molecule has 0 atom stereocenters. The van der Waals surface area contributed by atoms with Crippen LogP contribution in [-0.4, -0.2) is 13.4 Å². The minimum atomic E-state index is -0.612. The van der Waals surface area contributed by atoms with Crippen molar-refractivity contribution in [3.8, 4) is 33.4 Å². The summed E-state index contributed by atoms with van der Waals surface area (Å²) >= 11 is 1.80. The molecule has 13 rings (SSSR count). The van der Waals surface area contributed by atoms with Gasteiger partial charge in [-0.25, -0.2) is 8.78 Å². The lowest BCUT2D eigenvalue weighted by Crippen LogP contribution is -2.68. The van der Waals surface area contributed by atoms with E-state index in [1.807, 2.05) is 4.90 Å². The molecule has 70 heavy (non-hydrogen) atoms. The third-order valence-corrected chi connectivity index (χ3v) is 16.6. The SMILES string of the molecule is CC(C)c1ccc2c(c1)B1c3ccccc3Sc3c1c1c4c(c3-c3c(-c5ccccc5)cccc3-c3ccccc3)N(c3c(F)cccc3F)c3ccc(C(C)C)cc3B4c3cc(C(C)C)ccc3N21. The highest BCUT2D eigenvalue weighted by atomic mass is 32.2. The van der Waals surface area contributed by atoms with Gasteiger partial charge in [0.25, 0.3) is 6.71 Å². The minimum absolute atomic E-state index is 0.0774. The van der Waals surface area contributed by atoms with E-state index in [4.69, 9.17) is 0 Å². The summed E-state index contributed by atoms with van der Waals surface area (Å²) in [6.45, 7) is 13.1. The Balaban J connectivity index is 1.31. The standard InChI is InChI=1S/C63H50B2F2N2S/c1-36(2)41-27-30-52-47(33-41)64-46-23-13-14-26-55(46)70-63-57(56-44(39-17-9-7-10-18-39)21-15-22-45(56)40-19-11-8-12-20-40)61-58-62(59(63)64)68(52)53-31-28-42(37(3)4)34-48(53)65(58)49-35-43(38(5)6)29-32-54(49)69(61)60-50(66)24-16-25-51(60)67/h7-38H,1-6H3. The minimum Gasteiger partial charge on any atom is -0.312 e. The molecule has 0 amide bonds. The van der Waals surface area contributed by atoms with Crippen LogP contribution in [0.3, 0.4) is 0 Å². The second kappa shape index (κ2) is 16.2. The lowest BCUT2D eigenvalue weighted by molar-refractivity contribution is 0.586. The molecule has 0 fully saturated rings. The first-order valence-electron chi connectivity index (χ1n) is 24.8. The van der Waals surface area contributed by atoms with Crippen molar-refractivity contribution >= 4 is 92.1 Å². The first-order chi connectivity index (χ1) is 34.1. The fourth-order valence-corrected chi connectivity index (χ4v) is 13.3. The summed E-state index contributed by atoms with van der Waals surface area (Å²) < 4.78 is 34.8. The van der Waals surface area contributed by atoms with E-state index in [2.05, 4.69) is 204 Å². The molecule has 0 spiro atoms. The van der Waals surface area contributed by atoms with Gasteiger partial charge in [0, 0.05) is 43.7 Å². The first-order valence-corrected chi connectivity index (χ1v) is 25.6. The zero-order chi connectivity index (χ0) is 47.7. The highest BCUT2D eigenvalue weighted by molar-refractivity contribution is 8.00. The predicted molar refractivity (Wildman–Crippen MR) is 294 cm³/mol. The van der Waals surface area contributed by atoms with Gasteiger partial charge in [-0.2, -0.15) is 0 Å². The second-order valence-corrected chi connectivity index (χ2v) is 21.4. The van der Waals surface area contributed by atoms with Crippen molar-refractivity contribution in [2.75, 3.05) is 9.80 Å². The summed E-state index contributed by atoms with van der Waals surface area (Å²) in [6, 6.07) is 62.0. The van der Waals surface area contributed by atoms with Gasteiger partial charge in [0.15, 0.2) is 0 Å². The number of para-hydroxylation sites is 1. The number of nitrogens with zero attached hydrogens (tertiary/aromatic N) is 2. The van der Waals surface area contributed by atoms with E-state index in [9.17, 15) is 0 Å². The zero-order valence-electron chi connectivity index (χ0n) is 40.2. The van der Waals surface area contributed by atoms with Crippen LogP contribution in [-0.2, 0) is 0 Å². The number of rotatable bonds is 7. The maximum atomic E-state index is 17.4. The van der Waals surface area contributed by atoms with E-state index < -0.39 is 11.6 Å². The Labute approximate surface area is 415 Å². The Kier molecular flexibility index (Phi) is 9.98. The van der Waals surface area contributed by atoms with Gasteiger partial charge in [0.1, 0.15) is 17.3 Å². The van der Waals surface area contributed by atoms with Crippen molar-refractivity contribution in [1.29, 1.82) is 0 Å². The molecule has 0 radical (unpaired) electrons. The largest absolute Gasteiger partial charge is 0.312 e. The first kappa shape index (κ1) is 43.0. The lowest BCUT2D eigenvalue weighted by Gasteiger charge is -2.51. The van der Waals surface area contributed by atoms with Crippen molar-refractivity contribution in [1.82, 2.24) is 0 Å². The Morgan fingerprint density at radius 3 is 1.37 bits per heavy atom. The van der Waals surface area contributed by atoms with Crippen LogP contribution in [0.25, 0.3) is 33.4 Å². The lowest BCUT2D eigenvalue weighted by atomic mass is 9.29. The molecule has 0 aromatic heterocycles. The van der Waals surface area contributed by atoms with Gasteiger partial charge >= 0.3 is 0 Å². The molecule has 4 heterocycles. The fourth-order valence-electron chi connectivity index (χ4n) is 12.0. The maximum Gasteiger partial charge on any atom is 0.252 e. The van der Waals surface area contributed by atoms with E-state index in [0.29, 0.717) is 5.92 Å². The summed E-state index contributed by atoms with van der Waals surface area (Å²) in [7, 11) is 0. The van der Waals surface area contributed by atoms with Gasteiger partial charge in [0.2, 0.25) is 6.71 Å². The molecule has 0 bridgehead atoms. The molecular weight excluding hydrogens is 876 g/mol. The summed E-state index contributed by atoms with van der Waals surface area (Å²) in [5.41, 5.74) is 22.0. The van der Waals surface area contributed by atoms with Gasteiger partial charge in [-0.05, 0) is 120 Å².